The van der Waals surface area contributed by atoms with Gasteiger partial charge < -0.3 is 9.88 Å². The highest BCUT2D eigenvalue weighted by Crippen LogP contribution is 2.23. The molecule has 0 radical (unpaired) electrons. The quantitative estimate of drug-likeness (QED) is 0.537. The maximum absolute atomic E-state index is 12.6. The van der Waals surface area contributed by atoms with Crippen molar-refractivity contribution in [1.82, 2.24) is 20.1 Å². The minimum absolute atomic E-state index is 0.0213. The van der Waals surface area contributed by atoms with Gasteiger partial charge in [0.05, 0.1) is 5.25 Å². The Hall–Kier alpha value is -2.60. The van der Waals surface area contributed by atoms with E-state index >= 15 is 0 Å². The number of carbonyl (C=O) groups excluding carboxylic acids is 1. The van der Waals surface area contributed by atoms with E-state index in [0.29, 0.717) is 6.54 Å². The van der Waals surface area contributed by atoms with E-state index < -0.39 is 0 Å². The van der Waals surface area contributed by atoms with Crippen molar-refractivity contribution < 1.29 is 4.79 Å². The average molecular weight is 409 g/mol. The Kier molecular flexibility index (Phi) is 7.47. The van der Waals surface area contributed by atoms with Gasteiger partial charge in [-0.05, 0) is 30.9 Å². The molecule has 0 aliphatic heterocycles. The van der Waals surface area contributed by atoms with Gasteiger partial charge >= 0.3 is 0 Å². The molecule has 0 bridgehead atoms. The first-order chi connectivity index (χ1) is 14.1. The van der Waals surface area contributed by atoms with E-state index in [0.717, 1.165) is 23.9 Å². The minimum Gasteiger partial charge on any atom is -0.355 e. The third-order valence-corrected chi connectivity index (χ3v) is 6.00. The molecule has 6 heteroatoms. The van der Waals surface area contributed by atoms with Crippen molar-refractivity contribution >= 4 is 17.7 Å². The molecule has 0 spiro atoms. The van der Waals surface area contributed by atoms with Crippen LogP contribution in [0.4, 0.5) is 0 Å². The van der Waals surface area contributed by atoms with Crippen molar-refractivity contribution in [3.63, 3.8) is 0 Å². The molecule has 0 saturated carbocycles. The Morgan fingerprint density at radius 3 is 2.34 bits per heavy atom. The normalized spacial score (nSPS) is 13.1. The van der Waals surface area contributed by atoms with Gasteiger partial charge in [-0.1, -0.05) is 79.3 Å². The van der Waals surface area contributed by atoms with Gasteiger partial charge in [0.2, 0.25) is 5.91 Å². The van der Waals surface area contributed by atoms with E-state index in [1.54, 1.807) is 0 Å². The highest BCUT2D eigenvalue weighted by molar-refractivity contribution is 8.00. The zero-order chi connectivity index (χ0) is 20.6. The van der Waals surface area contributed by atoms with Crippen LogP contribution in [0.3, 0.4) is 0 Å². The van der Waals surface area contributed by atoms with Gasteiger partial charge in [-0.25, -0.2) is 0 Å². The summed E-state index contributed by atoms with van der Waals surface area (Å²) in [4.78, 5) is 12.6. The standard InChI is InChI=1S/C23H28N4OS/c1-4-27-21(15-19-11-7-5-8-12-19)25-26-23(27)29-18(3)22(28)24-16-17(2)20-13-9-6-10-14-20/h5-14,17-18H,4,15-16H2,1-3H3,(H,24,28). The van der Waals surface area contributed by atoms with E-state index in [4.69, 9.17) is 0 Å². The van der Waals surface area contributed by atoms with Crippen LogP contribution in [0.25, 0.3) is 0 Å². The maximum Gasteiger partial charge on any atom is 0.233 e. The summed E-state index contributed by atoms with van der Waals surface area (Å²) in [7, 11) is 0. The summed E-state index contributed by atoms with van der Waals surface area (Å²) in [5.74, 6) is 1.22. The first-order valence-electron chi connectivity index (χ1n) is 10.0. The van der Waals surface area contributed by atoms with Crippen LogP contribution in [-0.2, 0) is 17.8 Å². The molecule has 152 valence electrons. The first-order valence-corrected chi connectivity index (χ1v) is 10.9. The fourth-order valence-electron chi connectivity index (χ4n) is 3.14. The van der Waals surface area contributed by atoms with Crippen LogP contribution < -0.4 is 5.32 Å². The fourth-order valence-corrected chi connectivity index (χ4v) is 4.10. The third-order valence-electron chi connectivity index (χ3n) is 4.92. The molecule has 29 heavy (non-hydrogen) atoms. The summed E-state index contributed by atoms with van der Waals surface area (Å²) in [6.45, 7) is 7.51. The number of benzene rings is 2. The Bertz CT molecular complexity index is 911. The van der Waals surface area contributed by atoms with E-state index in [-0.39, 0.29) is 17.1 Å². The van der Waals surface area contributed by atoms with Crippen LogP contribution in [0, 0.1) is 0 Å². The molecule has 3 aromatic rings. The van der Waals surface area contributed by atoms with Crippen molar-refractivity contribution in [1.29, 1.82) is 0 Å². The summed E-state index contributed by atoms with van der Waals surface area (Å²) in [5, 5.41) is 12.3. The second-order valence-corrected chi connectivity index (χ2v) is 8.43. The van der Waals surface area contributed by atoms with Crippen molar-refractivity contribution in [2.24, 2.45) is 0 Å². The van der Waals surface area contributed by atoms with Gasteiger partial charge in [0.15, 0.2) is 5.16 Å². The Morgan fingerprint density at radius 2 is 1.69 bits per heavy atom. The lowest BCUT2D eigenvalue weighted by molar-refractivity contribution is -0.120. The number of hydrogen-bond acceptors (Lipinski definition) is 4. The van der Waals surface area contributed by atoms with Gasteiger partial charge in [0.25, 0.3) is 0 Å². The lowest BCUT2D eigenvalue weighted by atomic mass is 10.0. The number of nitrogens with zero attached hydrogens (tertiary/aromatic N) is 3. The van der Waals surface area contributed by atoms with Crippen LogP contribution >= 0.6 is 11.8 Å². The molecule has 0 aliphatic rings. The van der Waals surface area contributed by atoms with Gasteiger partial charge in [0, 0.05) is 19.5 Å². The number of thioether (sulfide) groups is 1. The Balaban J connectivity index is 1.58. The second kappa shape index (κ2) is 10.3. The number of hydrogen-bond donors (Lipinski definition) is 1. The van der Waals surface area contributed by atoms with Crippen LogP contribution in [0.2, 0.25) is 0 Å². The van der Waals surface area contributed by atoms with Crippen LogP contribution in [0.15, 0.2) is 65.8 Å². The molecule has 1 aromatic heterocycles. The molecule has 1 amide bonds. The number of rotatable bonds is 9. The minimum atomic E-state index is -0.239. The predicted octanol–water partition coefficient (Wildman–Crippen LogP) is 4.29. The lowest BCUT2D eigenvalue weighted by Gasteiger charge is -2.16. The van der Waals surface area contributed by atoms with Crippen molar-refractivity contribution in [3.8, 4) is 0 Å². The van der Waals surface area contributed by atoms with E-state index in [9.17, 15) is 4.79 Å². The SMILES string of the molecule is CCn1c(Cc2ccccc2)nnc1SC(C)C(=O)NCC(C)c1ccccc1. The maximum atomic E-state index is 12.6. The lowest BCUT2D eigenvalue weighted by Crippen LogP contribution is -2.33. The van der Waals surface area contributed by atoms with Gasteiger partial charge in [-0.2, -0.15) is 0 Å². The highest BCUT2D eigenvalue weighted by atomic mass is 32.2. The molecule has 2 atom stereocenters. The smallest absolute Gasteiger partial charge is 0.233 e. The van der Waals surface area contributed by atoms with Crippen LogP contribution in [-0.4, -0.2) is 32.5 Å². The first kappa shape index (κ1) is 21.1. The molecule has 0 saturated heterocycles. The average Bonchev–Trinajstić information content (AvgIpc) is 3.13. The number of aromatic nitrogens is 3. The van der Waals surface area contributed by atoms with E-state index in [2.05, 4.69) is 58.2 Å². The Labute approximate surface area is 176 Å². The van der Waals surface area contributed by atoms with Gasteiger partial charge in [-0.3, -0.25) is 4.79 Å². The summed E-state index contributed by atoms with van der Waals surface area (Å²) in [6, 6.07) is 20.5. The van der Waals surface area contributed by atoms with Crippen molar-refractivity contribution in [2.75, 3.05) is 6.54 Å². The summed E-state index contributed by atoms with van der Waals surface area (Å²) in [5.41, 5.74) is 2.43. The summed E-state index contributed by atoms with van der Waals surface area (Å²) < 4.78 is 2.09. The molecule has 1 N–H and O–H groups in total. The van der Waals surface area contributed by atoms with Crippen LogP contribution in [0.5, 0.6) is 0 Å². The third kappa shape index (κ3) is 5.70. The summed E-state index contributed by atoms with van der Waals surface area (Å²) >= 11 is 1.46. The zero-order valence-electron chi connectivity index (χ0n) is 17.2. The number of amides is 1. The predicted molar refractivity (Wildman–Crippen MR) is 118 cm³/mol. The molecule has 5 nitrogen and oxygen atoms in total. The summed E-state index contributed by atoms with van der Waals surface area (Å²) in [6.07, 6.45) is 0.734. The fraction of sp³-hybridized carbons (Fsp3) is 0.348. The monoisotopic (exact) mass is 408 g/mol. The van der Waals surface area contributed by atoms with Crippen molar-refractivity contribution in [2.45, 2.75) is 50.1 Å². The van der Waals surface area contributed by atoms with Crippen molar-refractivity contribution in [3.05, 3.63) is 77.6 Å². The van der Waals surface area contributed by atoms with Crippen LogP contribution in [0.1, 0.15) is 43.6 Å². The number of carbonyl (C=O) groups is 1. The Morgan fingerprint density at radius 1 is 1.03 bits per heavy atom. The molecule has 1 heterocycles. The van der Waals surface area contributed by atoms with Gasteiger partial charge in [0.1, 0.15) is 5.82 Å². The largest absolute Gasteiger partial charge is 0.355 e. The van der Waals surface area contributed by atoms with E-state index in [1.807, 2.05) is 43.3 Å². The van der Waals surface area contributed by atoms with Gasteiger partial charge in [-0.15, -0.1) is 10.2 Å². The molecular weight excluding hydrogens is 380 g/mol. The molecule has 0 aliphatic carbocycles. The topological polar surface area (TPSA) is 59.8 Å². The number of nitrogens with one attached hydrogen (secondary N) is 1. The molecule has 2 aromatic carbocycles. The highest BCUT2D eigenvalue weighted by Gasteiger charge is 2.20. The molecular formula is C23H28N4OS. The molecule has 3 rings (SSSR count). The molecule has 2 unspecified atom stereocenters. The van der Waals surface area contributed by atoms with E-state index in [1.165, 1.54) is 22.9 Å². The zero-order valence-corrected chi connectivity index (χ0v) is 18.0. The molecule has 0 fully saturated rings. The second-order valence-electron chi connectivity index (χ2n) is 7.12.